The van der Waals surface area contributed by atoms with E-state index < -0.39 is 5.97 Å². The Morgan fingerprint density at radius 3 is 2.30 bits per heavy atom. The molecular weight excluding hydrogens is 278 g/mol. The Labute approximate surface area is 126 Å². The van der Waals surface area contributed by atoms with Crippen LogP contribution in [0.3, 0.4) is 0 Å². The average Bonchev–Trinajstić information content (AvgIpc) is 2.85. The van der Waals surface area contributed by atoms with Crippen LogP contribution in [-0.4, -0.2) is 29.1 Å². The fourth-order valence-corrected chi connectivity index (χ4v) is 2.79. The third-order valence-corrected chi connectivity index (χ3v) is 3.66. The highest BCUT2D eigenvalue weighted by Gasteiger charge is 2.31. The van der Waals surface area contributed by atoms with Crippen LogP contribution < -0.4 is 12.4 Å². The highest BCUT2D eigenvalue weighted by Crippen LogP contribution is 2.33. The molecule has 114 valence electrons. The number of aromatic carboxylic acids is 1. The fourth-order valence-electron chi connectivity index (χ4n) is 2.79. The lowest BCUT2D eigenvalue weighted by Gasteiger charge is -2.21. The van der Waals surface area contributed by atoms with Crippen LogP contribution in [0, 0.1) is 6.92 Å². The van der Waals surface area contributed by atoms with E-state index >= 15 is 0 Å². The van der Waals surface area contributed by atoms with Crippen molar-refractivity contribution in [2.24, 2.45) is 0 Å². The normalized spacial score (nSPS) is 16.2. The van der Waals surface area contributed by atoms with Gasteiger partial charge in [-0.3, -0.25) is 4.90 Å². The second-order valence-electron chi connectivity index (χ2n) is 6.38. The maximum Gasteiger partial charge on any atom is 0.339 e. The van der Waals surface area contributed by atoms with Gasteiger partial charge in [-0.25, -0.2) is 4.79 Å². The number of hydrogen-bond donors (Lipinski definition) is 1. The third-order valence-electron chi connectivity index (χ3n) is 3.66. The minimum absolute atomic E-state index is 0. The first-order valence-electron chi connectivity index (χ1n) is 6.89. The lowest BCUT2D eigenvalue weighted by atomic mass is 9.89. The van der Waals surface area contributed by atoms with Gasteiger partial charge in [-0.2, -0.15) is 0 Å². The quantitative estimate of drug-likeness (QED) is 0.865. The molecule has 4 nitrogen and oxygen atoms in total. The summed E-state index contributed by atoms with van der Waals surface area (Å²) in [5.74, 6) is 0.451. The number of rotatable bonds is 3. The van der Waals surface area contributed by atoms with Gasteiger partial charge in [0.2, 0.25) is 0 Å². The number of nitrogens with zero attached hydrogens (tertiary/aromatic N) is 1. The number of hydrogen-bond acceptors (Lipinski definition) is 3. The second-order valence-corrected chi connectivity index (χ2v) is 6.38. The van der Waals surface area contributed by atoms with Gasteiger partial charge in [0.15, 0.2) is 0 Å². The number of furan rings is 1. The molecule has 0 saturated carbocycles. The van der Waals surface area contributed by atoms with Gasteiger partial charge in [0.05, 0.1) is 0 Å². The monoisotopic (exact) mass is 300 g/mol. The molecule has 20 heavy (non-hydrogen) atoms. The number of carboxylic acid groups (broad SMARTS) is 1. The Kier molecular flexibility index (Phi) is 5.27. The van der Waals surface area contributed by atoms with Crippen LogP contribution in [0.1, 0.15) is 61.1 Å². The van der Waals surface area contributed by atoms with Crippen molar-refractivity contribution in [3.63, 3.8) is 0 Å². The van der Waals surface area contributed by atoms with Crippen LogP contribution in [0.5, 0.6) is 0 Å². The molecule has 0 radical (unpaired) electrons. The topological polar surface area (TPSA) is 53.7 Å². The van der Waals surface area contributed by atoms with Crippen LogP contribution in [-0.2, 0) is 12.0 Å². The second kappa shape index (κ2) is 6.19. The summed E-state index contributed by atoms with van der Waals surface area (Å²) in [6.45, 7) is 10.7. The van der Waals surface area contributed by atoms with Crippen LogP contribution in [0.15, 0.2) is 4.42 Å². The number of carboxylic acids is 1. The first-order valence-corrected chi connectivity index (χ1v) is 6.89. The Morgan fingerprint density at radius 1 is 1.30 bits per heavy atom. The van der Waals surface area contributed by atoms with E-state index in [1.54, 1.807) is 6.92 Å². The lowest BCUT2D eigenvalue weighted by molar-refractivity contribution is -0.0000211. The molecule has 0 atom stereocenters. The summed E-state index contributed by atoms with van der Waals surface area (Å²) >= 11 is 0. The van der Waals surface area contributed by atoms with Crippen LogP contribution >= 0.6 is 0 Å². The van der Waals surface area contributed by atoms with Crippen LogP contribution in [0.4, 0.5) is 0 Å². The van der Waals surface area contributed by atoms with Crippen LogP contribution in [0.2, 0.25) is 0 Å². The summed E-state index contributed by atoms with van der Waals surface area (Å²) < 4.78 is 5.77. The highest BCUT2D eigenvalue weighted by molar-refractivity contribution is 5.91. The summed E-state index contributed by atoms with van der Waals surface area (Å²) in [7, 11) is 0. The molecule has 5 heteroatoms. The molecule has 1 fully saturated rings. The van der Waals surface area contributed by atoms with Crippen LogP contribution in [0.25, 0.3) is 0 Å². The summed E-state index contributed by atoms with van der Waals surface area (Å²) in [5, 5.41) is 9.42. The third kappa shape index (κ3) is 3.36. The lowest BCUT2D eigenvalue weighted by Crippen LogP contribution is -3.00. The SMILES string of the molecule is Cc1oc(C(C)(C)C)c(CN2CCCC2)c1C(=O)O.[Cl-]. The number of carbonyl (C=O) groups is 1. The largest absolute Gasteiger partial charge is 1.00 e. The van der Waals surface area contributed by atoms with E-state index in [1.807, 2.05) is 0 Å². The molecule has 1 aromatic rings. The van der Waals surface area contributed by atoms with Crippen molar-refractivity contribution in [2.75, 3.05) is 13.1 Å². The minimum atomic E-state index is -0.883. The van der Waals surface area contributed by atoms with Crippen molar-refractivity contribution >= 4 is 5.97 Å². The number of aryl methyl sites for hydroxylation is 1. The average molecular weight is 301 g/mol. The molecule has 0 amide bonds. The summed E-state index contributed by atoms with van der Waals surface area (Å²) in [6.07, 6.45) is 2.40. The van der Waals surface area contributed by atoms with Crippen molar-refractivity contribution in [1.29, 1.82) is 0 Å². The molecule has 1 saturated heterocycles. The molecule has 1 N–H and O–H groups in total. The van der Waals surface area contributed by atoms with Crippen molar-refractivity contribution in [2.45, 2.75) is 52.5 Å². The zero-order chi connectivity index (χ0) is 14.2. The van der Waals surface area contributed by atoms with Crippen molar-refractivity contribution in [3.05, 3.63) is 22.6 Å². The molecule has 1 aliphatic heterocycles. The van der Waals surface area contributed by atoms with E-state index in [4.69, 9.17) is 4.42 Å². The summed E-state index contributed by atoms with van der Waals surface area (Å²) in [6, 6.07) is 0. The molecule has 0 bridgehead atoms. The van der Waals surface area contributed by atoms with Crippen molar-refractivity contribution in [1.82, 2.24) is 4.90 Å². The highest BCUT2D eigenvalue weighted by atomic mass is 35.5. The predicted octanol–water partition coefficient (Wildman–Crippen LogP) is 0.184. The molecular formula is C15H23ClNO3-. The Morgan fingerprint density at radius 2 is 1.85 bits per heavy atom. The van der Waals surface area contributed by atoms with Gasteiger partial charge in [0, 0.05) is 17.5 Å². The number of likely N-dealkylation sites (tertiary alicyclic amines) is 1. The molecule has 0 spiro atoms. The van der Waals surface area contributed by atoms with E-state index in [1.165, 1.54) is 12.8 Å². The van der Waals surface area contributed by atoms with E-state index in [0.717, 1.165) is 24.4 Å². The Balaban J connectivity index is 0.00000200. The smallest absolute Gasteiger partial charge is 0.339 e. The first-order chi connectivity index (χ1) is 8.80. The van der Waals surface area contributed by atoms with Gasteiger partial charge in [0.25, 0.3) is 0 Å². The van der Waals surface area contributed by atoms with E-state index in [2.05, 4.69) is 25.7 Å². The summed E-state index contributed by atoms with van der Waals surface area (Å²) in [4.78, 5) is 13.8. The zero-order valence-corrected chi connectivity index (χ0v) is 13.4. The van der Waals surface area contributed by atoms with Crippen molar-refractivity contribution < 1.29 is 26.7 Å². The Hall–Kier alpha value is -1.00. The maximum absolute atomic E-state index is 11.5. The van der Waals surface area contributed by atoms with Gasteiger partial charge in [-0.15, -0.1) is 0 Å². The van der Waals surface area contributed by atoms with Gasteiger partial charge in [-0.1, -0.05) is 20.8 Å². The van der Waals surface area contributed by atoms with Gasteiger partial charge >= 0.3 is 5.97 Å². The molecule has 0 unspecified atom stereocenters. The van der Waals surface area contributed by atoms with Gasteiger partial charge in [0.1, 0.15) is 17.1 Å². The van der Waals surface area contributed by atoms with E-state index in [0.29, 0.717) is 17.9 Å². The summed E-state index contributed by atoms with van der Waals surface area (Å²) in [5.41, 5.74) is 1.05. The van der Waals surface area contributed by atoms with E-state index in [-0.39, 0.29) is 17.8 Å². The molecule has 2 heterocycles. The molecule has 2 rings (SSSR count). The fraction of sp³-hybridized carbons (Fsp3) is 0.667. The molecule has 1 aromatic heterocycles. The number of halogens is 1. The zero-order valence-electron chi connectivity index (χ0n) is 12.6. The maximum atomic E-state index is 11.5. The van der Waals surface area contributed by atoms with Gasteiger partial charge in [-0.05, 0) is 32.9 Å². The molecule has 0 aliphatic carbocycles. The minimum Gasteiger partial charge on any atom is -1.00 e. The standard InChI is InChI=1S/C15H23NO3.ClH/c1-10-12(14(17)18)11(9-16-7-5-6-8-16)13(19-10)15(2,3)4;/h5-9H2,1-4H3,(H,17,18);1H/p-1. The molecule has 1 aliphatic rings. The molecule has 0 aromatic carbocycles. The predicted molar refractivity (Wildman–Crippen MR) is 73.6 cm³/mol. The van der Waals surface area contributed by atoms with Gasteiger partial charge < -0.3 is 21.9 Å². The van der Waals surface area contributed by atoms with E-state index in [9.17, 15) is 9.90 Å². The Bertz CT molecular complexity index is 482. The first kappa shape index (κ1) is 17.1. The van der Waals surface area contributed by atoms with Crippen molar-refractivity contribution in [3.8, 4) is 0 Å².